The Labute approximate surface area is 141 Å². The topological polar surface area (TPSA) is 93.9 Å². The molecule has 23 heavy (non-hydrogen) atoms. The van der Waals surface area contributed by atoms with Crippen LogP contribution in [0, 0.1) is 11.3 Å². The third-order valence-electron chi connectivity index (χ3n) is 3.59. The monoisotopic (exact) mass is 316 g/mol. The van der Waals surface area contributed by atoms with Gasteiger partial charge >= 0.3 is 5.97 Å². The molecule has 0 amide bonds. The van der Waals surface area contributed by atoms with Gasteiger partial charge in [-0.25, -0.2) is 4.68 Å². The molecule has 0 saturated heterocycles. The summed E-state index contributed by atoms with van der Waals surface area (Å²) in [6.45, 7) is 0.169. The van der Waals surface area contributed by atoms with Crippen LogP contribution in [0.2, 0.25) is 0 Å². The maximum absolute atomic E-state index is 11.6. The zero-order valence-electron chi connectivity index (χ0n) is 17.1. The molecular weight excluding hydrogens is 292 g/mol. The highest BCUT2D eigenvalue weighted by Crippen LogP contribution is 2.29. The van der Waals surface area contributed by atoms with Crippen LogP contribution in [0.5, 0.6) is 0 Å². The molecule has 1 heterocycles. The predicted molar refractivity (Wildman–Crippen MR) is 87.6 cm³/mol. The lowest BCUT2D eigenvalue weighted by atomic mass is 9.98. The number of carbonyl (C=O) groups excluding carboxylic acids is 1. The van der Waals surface area contributed by atoms with Gasteiger partial charge in [-0.1, -0.05) is 24.3 Å². The van der Waals surface area contributed by atoms with Gasteiger partial charge in [0, 0.05) is 15.7 Å². The fourth-order valence-electron chi connectivity index (χ4n) is 2.24. The number of esters is 1. The van der Waals surface area contributed by atoms with Crippen molar-refractivity contribution in [2.75, 3.05) is 12.8 Å². The fourth-order valence-corrected chi connectivity index (χ4v) is 2.24. The molecule has 120 valence electrons. The van der Waals surface area contributed by atoms with Crippen LogP contribution in [0.3, 0.4) is 0 Å². The van der Waals surface area contributed by atoms with Crippen molar-refractivity contribution in [2.45, 2.75) is 32.6 Å². The lowest BCUT2D eigenvalue weighted by molar-refractivity contribution is -0.141. The molecule has 0 radical (unpaired) electrons. The van der Waals surface area contributed by atoms with E-state index >= 15 is 0 Å². The number of hydrogen-bond acceptors (Lipinski definition) is 5. The molecule has 1 aromatic carbocycles. The van der Waals surface area contributed by atoms with Crippen LogP contribution in [-0.4, -0.2) is 22.9 Å². The van der Waals surface area contributed by atoms with Crippen molar-refractivity contribution >= 4 is 11.8 Å². The van der Waals surface area contributed by atoms with Crippen molar-refractivity contribution in [1.29, 1.82) is 5.26 Å². The van der Waals surface area contributed by atoms with Gasteiger partial charge in [-0.3, -0.25) is 4.79 Å². The van der Waals surface area contributed by atoms with Crippen LogP contribution in [0.15, 0.2) is 24.3 Å². The van der Waals surface area contributed by atoms with Crippen molar-refractivity contribution in [2.24, 2.45) is 0 Å². The second-order valence-corrected chi connectivity index (χ2v) is 5.08. The summed E-state index contributed by atoms with van der Waals surface area (Å²) in [5, 5.41) is 13.6. The number of nitriles is 1. The van der Waals surface area contributed by atoms with Crippen LogP contribution < -0.4 is 5.73 Å². The largest absolute Gasteiger partial charge is 0.469 e. The Hall–Kier alpha value is -2.81. The fraction of sp³-hybridized carbons (Fsp3) is 0.353. The highest BCUT2D eigenvalue weighted by atomic mass is 16.5. The number of nitrogen functional groups attached to an aromatic ring is 1. The molecule has 2 N–H and O–H groups in total. The van der Waals surface area contributed by atoms with Crippen molar-refractivity contribution < 1.29 is 15.0 Å². The summed E-state index contributed by atoms with van der Waals surface area (Å²) in [6.07, 6.45) is 0. The second-order valence-electron chi connectivity index (χ2n) is 5.08. The minimum Gasteiger partial charge on any atom is -0.469 e. The summed E-state index contributed by atoms with van der Waals surface area (Å²) in [6, 6.07) is 6.47. The number of nitrogens with two attached hydrogens (primary N) is 1. The number of aromatic nitrogens is 2. The van der Waals surface area contributed by atoms with E-state index in [1.54, 1.807) is 31.2 Å². The molecular formula is C17H20N4O2. The Balaban J connectivity index is 2.53. The Morgan fingerprint density at radius 3 is 2.65 bits per heavy atom. The highest BCUT2D eigenvalue weighted by Gasteiger charge is 2.20. The van der Waals surface area contributed by atoms with Gasteiger partial charge in [0.05, 0.1) is 14.4 Å². The number of rotatable bonds is 4. The maximum Gasteiger partial charge on any atom is 0.312 e. The molecule has 0 bridgehead atoms. The third-order valence-corrected chi connectivity index (χ3v) is 3.59. The van der Waals surface area contributed by atoms with E-state index in [1.165, 1.54) is 7.11 Å². The number of benzene rings is 1. The van der Waals surface area contributed by atoms with E-state index in [2.05, 4.69) is 5.10 Å². The van der Waals surface area contributed by atoms with Crippen LogP contribution in [0.4, 0.5) is 5.82 Å². The van der Waals surface area contributed by atoms with Gasteiger partial charge in [-0.2, -0.15) is 10.4 Å². The summed E-state index contributed by atoms with van der Waals surface area (Å²) in [7, 11) is 1.31. The zero-order valence-corrected chi connectivity index (χ0v) is 13.1. The van der Waals surface area contributed by atoms with Gasteiger partial charge in [0.25, 0.3) is 0 Å². The molecule has 0 aliphatic heterocycles. The maximum atomic E-state index is 11.6. The van der Waals surface area contributed by atoms with Crippen LogP contribution in [0.25, 0.3) is 11.3 Å². The molecule has 2 atom stereocenters. The Kier molecular flexibility index (Phi) is 3.33. The van der Waals surface area contributed by atoms with Crippen molar-refractivity contribution in [3.63, 3.8) is 0 Å². The van der Waals surface area contributed by atoms with Gasteiger partial charge in [0.2, 0.25) is 0 Å². The summed E-state index contributed by atoms with van der Waals surface area (Å²) in [5.74, 6) is -1.03. The number of ether oxygens (including phenoxy) is 1. The van der Waals surface area contributed by atoms with E-state index < -0.39 is 18.8 Å². The van der Waals surface area contributed by atoms with Crippen LogP contribution in [0.1, 0.15) is 49.2 Å². The first-order valence-corrected chi connectivity index (χ1v) is 6.93. The number of nitrogens with zero attached hydrogens (tertiary/aromatic N) is 3. The van der Waals surface area contributed by atoms with Crippen molar-refractivity contribution in [3.8, 4) is 17.3 Å². The third kappa shape index (κ3) is 3.04. The van der Waals surface area contributed by atoms with Crippen molar-refractivity contribution in [1.82, 2.24) is 9.78 Å². The lowest BCUT2D eigenvalue weighted by Crippen LogP contribution is -2.10. The quantitative estimate of drug-likeness (QED) is 0.875. The predicted octanol–water partition coefficient (Wildman–Crippen LogP) is 2.86. The van der Waals surface area contributed by atoms with E-state index in [-0.39, 0.29) is 23.0 Å². The SMILES string of the molecule is [2H]C([2H])([2H])C([2H])(C)n1nc(-c2ccc(C(C)C(=O)OC)cc2)c(C#N)c1N. The molecule has 0 fully saturated rings. The summed E-state index contributed by atoms with van der Waals surface area (Å²) in [4.78, 5) is 11.6. The molecule has 0 spiro atoms. The number of methoxy groups -OCH3 is 1. The molecule has 2 unspecified atom stereocenters. The first-order chi connectivity index (χ1) is 12.5. The molecule has 0 aliphatic carbocycles. The Morgan fingerprint density at radius 2 is 2.13 bits per heavy atom. The minimum absolute atomic E-state index is 0.00788. The molecule has 2 aromatic rings. The molecule has 6 heteroatoms. The molecule has 0 saturated carbocycles. The van der Waals surface area contributed by atoms with E-state index in [0.717, 1.165) is 11.6 Å². The van der Waals surface area contributed by atoms with Gasteiger partial charge in [0.1, 0.15) is 23.1 Å². The Morgan fingerprint density at radius 1 is 1.48 bits per heavy atom. The molecule has 6 nitrogen and oxygen atoms in total. The van der Waals surface area contributed by atoms with Gasteiger partial charge in [-0.15, -0.1) is 0 Å². The number of hydrogen-bond donors (Lipinski definition) is 1. The summed E-state index contributed by atoms with van der Waals surface area (Å²) >= 11 is 0. The van der Waals surface area contributed by atoms with Gasteiger partial charge < -0.3 is 10.5 Å². The normalized spacial score (nSPS) is 17.7. The van der Waals surface area contributed by atoms with Gasteiger partial charge in [-0.05, 0) is 26.3 Å². The van der Waals surface area contributed by atoms with Gasteiger partial charge in [0.15, 0.2) is 0 Å². The first kappa shape index (κ1) is 11.7. The van der Waals surface area contributed by atoms with E-state index in [1.807, 2.05) is 6.07 Å². The van der Waals surface area contributed by atoms with Crippen LogP contribution >= 0.6 is 0 Å². The number of carbonyl (C=O) groups is 1. The van der Waals surface area contributed by atoms with Crippen molar-refractivity contribution in [3.05, 3.63) is 35.4 Å². The van der Waals surface area contributed by atoms with E-state index in [9.17, 15) is 10.1 Å². The zero-order chi connectivity index (χ0) is 20.6. The molecule has 0 aliphatic rings. The second kappa shape index (κ2) is 6.53. The summed E-state index contributed by atoms with van der Waals surface area (Å²) < 4.78 is 36.4. The van der Waals surface area contributed by atoms with E-state index in [4.69, 9.17) is 16.0 Å². The Bertz CT molecular complexity index is 895. The summed E-state index contributed by atoms with van der Waals surface area (Å²) in [5.41, 5.74) is 7.31. The average Bonchev–Trinajstić information content (AvgIpc) is 2.96. The molecule has 1 aromatic heterocycles. The smallest absolute Gasteiger partial charge is 0.312 e. The van der Waals surface area contributed by atoms with Crippen LogP contribution in [-0.2, 0) is 9.53 Å². The minimum atomic E-state index is -2.70. The lowest BCUT2D eigenvalue weighted by Gasteiger charge is -2.09. The number of anilines is 1. The standard InChI is InChI=1S/C17H20N4O2/c1-10(2)21-16(19)14(9-18)15(20-21)13-7-5-12(6-8-13)11(3)17(22)23-4/h5-8,10-11H,19H2,1-4H3/i1D3,10D. The molecule has 2 rings (SSSR count). The van der Waals surface area contributed by atoms with E-state index in [0.29, 0.717) is 11.1 Å². The average molecular weight is 316 g/mol. The first-order valence-electron chi connectivity index (χ1n) is 8.93. The highest BCUT2D eigenvalue weighted by molar-refractivity contribution is 5.78.